The number of carbonyl (C=O) groups excluding carboxylic acids is 3. The Labute approximate surface area is 220 Å². The van der Waals surface area contributed by atoms with E-state index in [9.17, 15) is 31.6 Å². The van der Waals surface area contributed by atoms with Crippen LogP contribution in [0.15, 0.2) is 53.4 Å². The molecular weight excluding hydrogens is 524 g/mol. The van der Waals surface area contributed by atoms with E-state index in [1.165, 1.54) is 52.8 Å². The molecule has 0 aliphatic carbocycles. The number of anilines is 1. The summed E-state index contributed by atoms with van der Waals surface area (Å²) >= 11 is 0. The standard InChI is InChI=1S/C25H31F2N3O7S/c1-5-30(6-2)38(34,35)20-9-7-8-17(14-20)23(32)29-22(16(3)4)24(33)36-15-21(31)28-18-10-12-19(13-11-18)37-25(26)27/h7-14,16,22,25H,5-6,15H2,1-4H3,(H,28,31)(H,29,32)/t22-/m0/s1. The Bertz CT molecular complexity index is 1220. The maximum Gasteiger partial charge on any atom is 0.387 e. The molecule has 2 amide bonds. The highest BCUT2D eigenvalue weighted by Crippen LogP contribution is 2.19. The number of nitrogens with one attached hydrogen (secondary N) is 2. The number of benzene rings is 2. The summed E-state index contributed by atoms with van der Waals surface area (Å²) in [6.45, 7) is 3.63. The van der Waals surface area contributed by atoms with E-state index in [0.29, 0.717) is 0 Å². The van der Waals surface area contributed by atoms with Gasteiger partial charge in [0.15, 0.2) is 6.61 Å². The fourth-order valence-electron chi connectivity index (χ4n) is 3.38. The molecule has 2 N–H and O–H groups in total. The molecule has 1 atom stereocenters. The Balaban J connectivity index is 2.02. The van der Waals surface area contributed by atoms with E-state index in [1.807, 2.05) is 0 Å². The van der Waals surface area contributed by atoms with Gasteiger partial charge in [0.2, 0.25) is 10.0 Å². The summed E-state index contributed by atoms with van der Waals surface area (Å²) in [5, 5.41) is 4.98. The van der Waals surface area contributed by atoms with Crippen molar-refractivity contribution in [3.05, 3.63) is 54.1 Å². The predicted octanol–water partition coefficient (Wildman–Crippen LogP) is 3.25. The van der Waals surface area contributed by atoms with Gasteiger partial charge in [0.1, 0.15) is 11.8 Å². The van der Waals surface area contributed by atoms with Gasteiger partial charge in [0, 0.05) is 24.3 Å². The predicted molar refractivity (Wildman–Crippen MR) is 135 cm³/mol. The number of carbonyl (C=O) groups is 3. The summed E-state index contributed by atoms with van der Waals surface area (Å²) in [4.78, 5) is 37.6. The summed E-state index contributed by atoms with van der Waals surface area (Å²) in [6.07, 6.45) is 0. The summed E-state index contributed by atoms with van der Waals surface area (Å²) in [5.74, 6) is -2.75. The highest BCUT2D eigenvalue weighted by molar-refractivity contribution is 7.89. The van der Waals surface area contributed by atoms with Crippen LogP contribution in [0.5, 0.6) is 5.75 Å². The van der Waals surface area contributed by atoms with E-state index in [1.54, 1.807) is 27.7 Å². The van der Waals surface area contributed by atoms with Crippen molar-refractivity contribution in [1.29, 1.82) is 0 Å². The number of sulfonamides is 1. The fourth-order valence-corrected chi connectivity index (χ4v) is 4.88. The molecule has 0 heterocycles. The van der Waals surface area contributed by atoms with Crippen LogP contribution in [-0.2, 0) is 24.3 Å². The zero-order valence-corrected chi connectivity index (χ0v) is 22.3. The van der Waals surface area contributed by atoms with Crippen molar-refractivity contribution >= 4 is 33.5 Å². The number of nitrogens with zero attached hydrogens (tertiary/aromatic N) is 1. The zero-order valence-electron chi connectivity index (χ0n) is 21.4. The quantitative estimate of drug-likeness (QED) is 0.363. The normalized spacial score (nSPS) is 12.3. The number of amides is 2. The summed E-state index contributed by atoms with van der Waals surface area (Å²) in [6, 6.07) is 9.50. The lowest BCUT2D eigenvalue weighted by atomic mass is 10.0. The average Bonchev–Trinajstić information content (AvgIpc) is 2.87. The summed E-state index contributed by atoms with van der Waals surface area (Å²) in [7, 11) is -3.79. The first-order valence-corrected chi connectivity index (χ1v) is 13.2. The number of hydrogen-bond acceptors (Lipinski definition) is 7. The van der Waals surface area contributed by atoms with Gasteiger partial charge in [-0.1, -0.05) is 33.8 Å². The van der Waals surface area contributed by atoms with Crippen molar-refractivity contribution in [3.63, 3.8) is 0 Å². The maximum absolute atomic E-state index is 12.9. The molecule has 2 aromatic carbocycles. The highest BCUT2D eigenvalue weighted by atomic mass is 32.2. The molecule has 0 aliphatic rings. The average molecular weight is 556 g/mol. The molecule has 0 bridgehead atoms. The van der Waals surface area contributed by atoms with E-state index in [4.69, 9.17) is 4.74 Å². The Hall–Kier alpha value is -3.58. The third-order valence-corrected chi connectivity index (χ3v) is 7.40. The highest BCUT2D eigenvalue weighted by Gasteiger charge is 2.28. The minimum atomic E-state index is -3.79. The van der Waals surface area contributed by atoms with Crippen LogP contribution in [0, 0.1) is 5.92 Å². The van der Waals surface area contributed by atoms with Crippen molar-refractivity contribution in [2.75, 3.05) is 25.0 Å². The fraction of sp³-hybridized carbons (Fsp3) is 0.400. The smallest absolute Gasteiger partial charge is 0.387 e. The molecule has 0 radical (unpaired) electrons. The van der Waals surface area contributed by atoms with Crippen LogP contribution >= 0.6 is 0 Å². The van der Waals surface area contributed by atoms with Crippen molar-refractivity contribution in [1.82, 2.24) is 9.62 Å². The van der Waals surface area contributed by atoms with Gasteiger partial charge in [0.05, 0.1) is 4.90 Å². The molecule has 0 saturated carbocycles. The first-order chi connectivity index (χ1) is 17.9. The van der Waals surface area contributed by atoms with E-state index in [2.05, 4.69) is 15.4 Å². The molecule has 13 heteroatoms. The molecule has 0 aromatic heterocycles. The second-order valence-corrected chi connectivity index (χ2v) is 10.3. The second-order valence-electron chi connectivity index (χ2n) is 8.37. The summed E-state index contributed by atoms with van der Waals surface area (Å²) < 4.78 is 60.6. The minimum Gasteiger partial charge on any atom is -0.454 e. The van der Waals surface area contributed by atoms with Crippen LogP contribution in [0.1, 0.15) is 38.1 Å². The lowest BCUT2D eigenvalue weighted by Gasteiger charge is -2.21. The first kappa shape index (κ1) is 30.6. The lowest BCUT2D eigenvalue weighted by molar-refractivity contribution is -0.150. The number of rotatable bonds is 13. The van der Waals surface area contributed by atoms with Crippen LogP contribution < -0.4 is 15.4 Å². The monoisotopic (exact) mass is 555 g/mol. The third-order valence-electron chi connectivity index (χ3n) is 5.36. The molecule has 0 fully saturated rings. The third kappa shape index (κ3) is 8.48. The second kappa shape index (κ2) is 13.8. The van der Waals surface area contributed by atoms with Crippen LogP contribution in [-0.4, -0.2) is 62.9 Å². The van der Waals surface area contributed by atoms with Crippen LogP contribution in [0.2, 0.25) is 0 Å². The Morgan fingerprint density at radius 1 is 1.00 bits per heavy atom. The number of ether oxygens (including phenoxy) is 2. The van der Waals surface area contributed by atoms with Gasteiger partial charge in [-0.15, -0.1) is 0 Å². The SMILES string of the molecule is CCN(CC)S(=O)(=O)c1cccc(C(=O)N[C@H](C(=O)OCC(=O)Nc2ccc(OC(F)F)cc2)C(C)C)c1. The van der Waals surface area contributed by atoms with Gasteiger partial charge in [-0.05, 0) is 48.4 Å². The topological polar surface area (TPSA) is 131 Å². The molecule has 2 aromatic rings. The largest absolute Gasteiger partial charge is 0.454 e. The molecule has 208 valence electrons. The van der Waals surface area contributed by atoms with Crippen molar-refractivity contribution in [2.45, 2.75) is 45.2 Å². The van der Waals surface area contributed by atoms with Gasteiger partial charge < -0.3 is 20.1 Å². The minimum absolute atomic E-state index is 0.0358. The van der Waals surface area contributed by atoms with Gasteiger partial charge in [-0.2, -0.15) is 13.1 Å². The Morgan fingerprint density at radius 3 is 2.18 bits per heavy atom. The number of alkyl halides is 2. The Kier molecular flexibility index (Phi) is 11.1. The van der Waals surface area contributed by atoms with E-state index < -0.39 is 53.0 Å². The molecule has 0 spiro atoms. The molecule has 10 nitrogen and oxygen atoms in total. The molecule has 0 saturated heterocycles. The lowest BCUT2D eigenvalue weighted by Crippen LogP contribution is -2.46. The van der Waals surface area contributed by atoms with Gasteiger partial charge in [-0.25, -0.2) is 13.2 Å². The number of hydrogen-bond donors (Lipinski definition) is 2. The zero-order chi connectivity index (χ0) is 28.5. The molecular formula is C25H31F2N3O7S. The number of halogens is 2. The van der Waals surface area contributed by atoms with Crippen molar-refractivity contribution in [2.24, 2.45) is 5.92 Å². The van der Waals surface area contributed by atoms with Gasteiger partial charge >= 0.3 is 12.6 Å². The van der Waals surface area contributed by atoms with Crippen molar-refractivity contribution < 1.29 is 41.1 Å². The molecule has 0 aliphatic heterocycles. The number of esters is 1. The van der Waals surface area contributed by atoms with Crippen LogP contribution in [0.25, 0.3) is 0 Å². The molecule has 38 heavy (non-hydrogen) atoms. The van der Waals surface area contributed by atoms with E-state index in [-0.39, 0.29) is 35.0 Å². The van der Waals surface area contributed by atoms with Gasteiger partial charge in [0.25, 0.3) is 11.8 Å². The van der Waals surface area contributed by atoms with E-state index >= 15 is 0 Å². The maximum atomic E-state index is 12.9. The van der Waals surface area contributed by atoms with Crippen molar-refractivity contribution in [3.8, 4) is 5.75 Å². The Morgan fingerprint density at radius 2 is 1.63 bits per heavy atom. The van der Waals surface area contributed by atoms with Crippen LogP contribution in [0.4, 0.5) is 14.5 Å². The molecule has 0 unspecified atom stereocenters. The van der Waals surface area contributed by atoms with E-state index in [0.717, 1.165) is 0 Å². The first-order valence-electron chi connectivity index (χ1n) is 11.8. The van der Waals surface area contributed by atoms with Gasteiger partial charge in [-0.3, -0.25) is 9.59 Å². The summed E-state index contributed by atoms with van der Waals surface area (Å²) in [5.41, 5.74) is 0.301. The van der Waals surface area contributed by atoms with Crippen LogP contribution in [0.3, 0.4) is 0 Å². The molecule has 2 rings (SSSR count).